The molecule has 5 nitrogen and oxygen atoms in total. The van der Waals surface area contributed by atoms with Crippen molar-refractivity contribution in [2.45, 2.75) is 6.42 Å². The molecular formula is C12H18N2O3. The monoisotopic (exact) mass is 238 g/mol. The number of aromatic nitrogens is 1. The smallest absolute Gasteiger partial charge is 0.227 e. The van der Waals surface area contributed by atoms with Crippen molar-refractivity contribution in [3.63, 3.8) is 0 Å². The predicted molar refractivity (Wildman–Crippen MR) is 63.5 cm³/mol. The molecule has 0 fully saturated rings. The lowest BCUT2D eigenvalue weighted by Gasteiger charge is -2.21. The highest BCUT2D eigenvalue weighted by atomic mass is 16.5. The SMILES string of the molecule is COCCN(CCO)C(=O)Cc1ccncc1. The normalized spacial score (nSPS) is 10.2. The Kier molecular flexibility index (Phi) is 6.21. The molecule has 0 saturated heterocycles. The van der Waals surface area contributed by atoms with E-state index in [0.717, 1.165) is 5.56 Å². The molecule has 0 aliphatic heterocycles. The van der Waals surface area contributed by atoms with Gasteiger partial charge in [0.05, 0.1) is 19.6 Å². The number of carbonyl (C=O) groups excluding carboxylic acids is 1. The summed E-state index contributed by atoms with van der Waals surface area (Å²) < 4.78 is 4.93. The van der Waals surface area contributed by atoms with Crippen molar-refractivity contribution >= 4 is 5.91 Å². The first kappa shape index (κ1) is 13.6. The highest BCUT2D eigenvalue weighted by Gasteiger charge is 2.12. The summed E-state index contributed by atoms with van der Waals surface area (Å²) in [4.78, 5) is 17.4. The first-order valence-electron chi connectivity index (χ1n) is 5.54. The van der Waals surface area contributed by atoms with E-state index in [4.69, 9.17) is 9.84 Å². The molecule has 1 aromatic heterocycles. The summed E-state index contributed by atoms with van der Waals surface area (Å²) >= 11 is 0. The quantitative estimate of drug-likeness (QED) is 0.731. The lowest BCUT2D eigenvalue weighted by molar-refractivity contribution is -0.131. The van der Waals surface area contributed by atoms with Gasteiger partial charge in [-0.15, -0.1) is 0 Å². The molecule has 0 aliphatic rings. The average Bonchev–Trinajstić information content (AvgIpc) is 2.35. The van der Waals surface area contributed by atoms with Crippen LogP contribution < -0.4 is 0 Å². The van der Waals surface area contributed by atoms with Crippen molar-refractivity contribution in [1.29, 1.82) is 0 Å². The van der Waals surface area contributed by atoms with Gasteiger partial charge in [0, 0.05) is 32.6 Å². The maximum atomic E-state index is 11.9. The number of amides is 1. The minimum absolute atomic E-state index is 0.0118. The predicted octanol–water partition coefficient (Wildman–Crippen LogP) is 0.0914. The van der Waals surface area contributed by atoms with Crippen molar-refractivity contribution in [3.8, 4) is 0 Å². The van der Waals surface area contributed by atoms with Crippen LogP contribution in [0.4, 0.5) is 0 Å². The molecular weight excluding hydrogens is 220 g/mol. The molecule has 0 spiro atoms. The number of carbonyl (C=O) groups is 1. The summed E-state index contributed by atoms with van der Waals surface area (Å²) in [6.07, 6.45) is 3.65. The molecule has 1 amide bonds. The van der Waals surface area contributed by atoms with E-state index in [0.29, 0.717) is 26.1 Å². The third kappa shape index (κ3) is 4.93. The summed E-state index contributed by atoms with van der Waals surface area (Å²) in [5.74, 6) is -0.0118. The molecule has 0 aromatic carbocycles. The fourth-order valence-corrected chi connectivity index (χ4v) is 1.47. The molecule has 0 aliphatic carbocycles. The van der Waals surface area contributed by atoms with Crippen molar-refractivity contribution in [3.05, 3.63) is 30.1 Å². The Morgan fingerprint density at radius 3 is 2.71 bits per heavy atom. The van der Waals surface area contributed by atoms with Crippen LogP contribution in [-0.4, -0.2) is 54.3 Å². The number of pyridine rings is 1. The molecule has 1 rings (SSSR count). The van der Waals surface area contributed by atoms with Crippen molar-refractivity contribution in [2.24, 2.45) is 0 Å². The van der Waals surface area contributed by atoms with E-state index in [1.807, 2.05) is 12.1 Å². The van der Waals surface area contributed by atoms with E-state index in [9.17, 15) is 4.79 Å². The van der Waals surface area contributed by atoms with E-state index in [1.165, 1.54) is 0 Å². The number of aliphatic hydroxyl groups is 1. The number of nitrogens with zero attached hydrogens (tertiary/aromatic N) is 2. The second-order valence-corrected chi connectivity index (χ2v) is 3.63. The first-order valence-corrected chi connectivity index (χ1v) is 5.54. The van der Waals surface area contributed by atoms with Gasteiger partial charge in [0.2, 0.25) is 5.91 Å². The molecule has 0 bridgehead atoms. The van der Waals surface area contributed by atoms with Gasteiger partial charge in [0.1, 0.15) is 0 Å². The second kappa shape index (κ2) is 7.76. The summed E-state index contributed by atoms with van der Waals surface area (Å²) in [6, 6.07) is 3.62. The van der Waals surface area contributed by atoms with Crippen LogP contribution in [0.1, 0.15) is 5.56 Å². The van der Waals surface area contributed by atoms with Crippen LogP contribution in [0.2, 0.25) is 0 Å². The zero-order valence-corrected chi connectivity index (χ0v) is 10.0. The van der Waals surface area contributed by atoms with Gasteiger partial charge in [0.25, 0.3) is 0 Å². The van der Waals surface area contributed by atoms with E-state index in [1.54, 1.807) is 24.4 Å². The van der Waals surface area contributed by atoms with Gasteiger partial charge in [-0.1, -0.05) is 0 Å². The lowest BCUT2D eigenvalue weighted by Crippen LogP contribution is -2.37. The van der Waals surface area contributed by atoms with Crippen molar-refractivity contribution < 1.29 is 14.6 Å². The van der Waals surface area contributed by atoms with Gasteiger partial charge in [-0.05, 0) is 17.7 Å². The number of ether oxygens (including phenoxy) is 1. The molecule has 1 aromatic rings. The largest absolute Gasteiger partial charge is 0.395 e. The highest BCUT2D eigenvalue weighted by Crippen LogP contribution is 2.01. The van der Waals surface area contributed by atoms with E-state index < -0.39 is 0 Å². The molecule has 94 valence electrons. The maximum Gasteiger partial charge on any atom is 0.227 e. The van der Waals surface area contributed by atoms with Crippen LogP contribution in [-0.2, 0) is 16.0 Å². The Bertz CT molecular complexity index is 330. The number of methoxy groups -OCH3 is 1. The second-order valence-electron chi connectivity index (χ2n) is 3.63. The Morgan fingerprint density at radius 1 is 1.41 bits per heavy atom. The van der Waals surface area contributed by atoms with Crippen LogP contribution in [0, 0.1) is 0 Å². The van der Waals surface area contributed by atoms with Gasteiger partial charge in [0.15, 0.2) is 0 Å². The minimum Gasteiger partial charge on any atom is -0.395 e. The number of hydrogen-bond donors (Lipinski definition) is 1. The Labute approximate surface area is 101 Å². The van der Waals surface area contributed by atoms with Crippen LogP contribution in [0.25, 0.3) is 0 Å². The fraction of sp³-hybridized carbons (Fsp3) is 0.500. The topological polar surface area (TPSA) is 62.7 Å². The van der Waals surface area contributed by atoms with Crippen LogP contribution >= 0.6 is 0 Å². The van der Waals surface area contributed by atoms with Crippen LogP contribution in [0.15, 0.2) is 24.5 Å². The molecule has 0 atom stereocenters. The number of aliphatic hydroxyl groups excluding tert-OH is 1. The van der Waals surface area contributed by atoms with E-state index in [-0.39, 0.29) is 12.5 Å². The molecule has 1 heterocycles. The molecule has 5 heteroatoms. The van der Waals surface area contributed by atoms with Crippen molar-refractivity contribution in [2.75, 3.05) is 33.4 Å². The highest BCUT2D eigenvalue weighted by molar-refractivity contribution is 5.78. The Balaban J connectivity index is 2.52. The molecule has 0 radical (unpaired) electrons. The average molecular weight is 238 g/mol. The van der Waals surface area contributed by atoms with Gasteiger partial charge < -0.3 is 14.7 Å². The maximum absolute atomic E-state index is 11.9. The molecule has 0 saturated carbocycles. The molecule has 17 heavy (non-hydrogen) atoms. The summed E-state index contributed by atoms with van der Waals surface area (Å²) in [6.45, 7) is 1.28. The minimum atomic E-state index is -0.0359. The zero-order chi connectivity index (χ0) is 12.5. The fourth-order valence-electron chi connectivity index (χ4n) is 1.47. The number of rotatable bonds is 7. The van der Waals surface area contributed by atoms with Gasteiger partial charge in [-0.3, -0.25) is 9.78 Å². The standard InChI is InChI=1S/C12H18N2O3/c1-17-9-7-14(6-8-15)12(16)10-11-2-4-13-5-3-11/h2-5,15H,6-10H2,1H3. The summed E-state index contributed by atoms with van der Waals surface area (Å²) in [7, 11) is 1.59. The number of hydrogen-bond acceptors (Lipinski definition) is 4. The summed E-state index contributed by atoms with van der Waals surface area (Å²) in [5, 5.41) is 8.91. The van der Waals surface area contributed by atoms with Crippen LogP contribution in [0.3, 0.4) is 0 Å². The van der Waals surface area contributed by atoms with Crippen LogP contribution in [0.5, 0.6) is 0 Å². The molecule has 1 N–H and O–H groups in total. The van der Waals surface area contributed by atoms with Gasteiger partial charge in [-0.25, -0.2) is 0 Å². The summed E-state index contributed by atoms with van der Waals surface area (Å²) in [5.41, 5.74) is 0.922. The zero-order valence-electron chi connectivity index (χ0n) is 10.0. The van der Waals surface area contributed by atoms with E-state index >= 15 is 0 Å². The lowest BCUT2D eigenvalue weighted by atomic mass is 10.2. The van der Waals surface area contributed by atoms with Gasteiger partial charge in [-0.2, -0.15) is 0 Å². The third-order valence-corrected chi connectivity index (χ3v) is 2.39. The van der Waals surface area contributed by atoms with Crippen molar-refractivity contribution in [1.82, 2.24) is 9.88 Å². The molecule has 0 unspecified atom stereocenters. The first-order chi connectivity index (χ1) is 8.27. The van der Waals surface area contributed by atoms with Gasteiger partial charge >= 0.3 is 0 Å². The van der Waals surface area contributed by atoms with E-state index in [2.05, 4.69) is 4.98 Å². The third-order valence-electron chi connectivity index (χ3n) is 2.39. The Morgan fingerprint density at radius 2 is 2.12 bits per heavy atom. The Hall–Kier alpha value is -1.46.